The smallest absolute Gasteiger partial charge is 0.0172 e. The van der Waals surface area contributed by atoms with Gasteiger partial charge in [0.25, 0.3) is 0 Å². The minimum Gasteiger partial charge on any atom is -0.315 e. The molecular weight excluding hydrogens is 238 g/mol. The molecule has 18 heavy (non-hydrogen) atoms. The zero-order valence-electron chi connectivity index (χ0n) is 12.5. The van der Waals surface area contributed by atoms with Gasteiger partial charge in [0.15, 0.2) is 0 Å². The zero-order chi connectivity index (χ0) is 13.0. The normalized spacial score (nSPS) is 33.8. The Hall–Kier alpha value is 0.310. The third kappa shape index (κ3) is 4.45. The number of hydrogen-bond donors (Lipinski definition) is 1. The molecule has 1 N–H and O–H groups in total. The summed E-state index contributed by atoms with van der Waals surface area (Å²) in [6, 6.07) is 0. The molecule has 0 bridgehead atoms. The first-order valence-electron chi connectivity index (χ1n) is 7.88. The second-order valence-electron chi connectivity index (χ2n) is 7.38. The van der Waals surface area contributed by atoms with E-state index in [4.69, 9.17) is 0 Å². The summed E-state index contributed by atoms with van der Waals surface area (Å²) in [5.41, 5.74) is 0.527. The van der Waals surface area contributed by atoms with Gasteiger partial charge in [0, 0.05) is 11.8 Å². The van der Waals surface area contributed by atoms with Crippen molar-refractivity contribution in [1.82, 2.24) is 5.32 Å². The molecule has 106 valence electrons. The van der Waals surface area contributed by atoms with Gasteiger partial charge in [0.1, 0.15) is 0 Å². The third-order valence-corrected chi connectivity index (χ3v) is 6.30. The van der Waals surface area contributed by atoms with Gasteiger partial charge in [-0.25, -0.2) is 0 Å². The lowest BCUT2D eigenvalue weighted by Gasteiger charge is -2.37. The van der Waals surface area contributed by atoms with Gasteiger partial charge in [0.05, 0.1) is 0 Å². The Kier molecular flexibility index (Phi) is 5.44. The highest BCUT2D eigenvalue weighted by atomic mass is 32.2. The lowest BCUT2D eigenvalue weighted by atomic mass is 9.70. The first kappa shape index (κ1) is 14.7. The van der Waals surface area contributed by atoms with Gasteiger partial charge in [0.2, 0.25) is 0 Å². The highest BCUT2D eigenvalue weighted by Gasteiger charge is 2.29. The van der Waals surface area contributed by atoms with Crippen LogP contribution in [0, 0.1) is 17.3 Å². The van der Waals surface area contributed by atoms with Crippen LogP contribution < -0.4 is 5.32 Å². The molecule has 0 amide bonds. The highest BCUT2D eigenvalue weighted by Crippen LogP contribution is 2.39. The largest absolute Gasteiger partial charge is 0.315 e. The van der Waals surface area contributed by atoms with E-state index in [2.05, 4.69) is 37.8 Å². The first-order chi connectivity index (χ1) is 8.55. The molecule has 0 aromatic rings. The van der Waals surface area contributed by atoms with Crippen LogP contribution in [0.3, 0.4) is 0 Å². The molecule has 2 aliphatic rings. The second-order valence-corrected chi connectivity index (χ2v) is 8.79. The van der Waals surface area contributed by atoms with Gasteiger partial charge in [-0.2, -0.15) is 11.8 Å². The van der Waals surface area contributed by atoms with Gasteiger partial charge in [-0.15, -0.1) is 0 Å². The second kappa shape index (κ2) is 6.65. The van der Waals surface area contributed by atoms with Crippen LogP contribution in [0.2, 0.25) is 0 Å². The monoisotopic (exact) mass is 269 g/mol. The average molecular weight is 269 g/mol. The lowest BCUT2D eigenvalue weighted by Crippen LogP contribution is -2.33. The standard InChI is InChI=1S/C16H31NS/c1-16(2,3)14-8-6-13(7-9-14)11-17-12-15-5-4-10-18-15/h13-15,17H,4-12H2,1-3H3. The fourth-order valence-corrected chi connectivity index (χ4v) is 4.72. The van der Waals surface area contributed by atoms with Crippen molar-refractivity contribution in [3.8, 4) is 0 Å². The molecule has 0 spiro atoms. The van der Waals surface area contributed by atoms with Gasteiger partial charge in [-0.05, 0) is 68.1 Å². The Morgan fingerprint density at radius 1 is 1.00 bits per heavy atom. The van der Waals surface area contributed by atoms with Crippen LogP contribution in [0.15, 0.2) is 0 Å². The summed E-state index contributed by atoms with van der Waals surface area (Å²) in [7, 11) is 0. The van der Waals surface area contributed by atoms with Crippen LogP contribution in [-0.2, 0) is 0 Å². The molecule has 0 aromatic carbocycles. The predicted octanol–water partition coefficient (Wildman–Crippen LogP) is 4.32. The Morgan fingerprint density at radius 2 is 1.72 bits per heavy atom. The molecule has 0 radical (unpaired) electrons. The molecule has 1 heterocycles. The van der Waals surface area contributed by atoms with Crippen molar-refractivity contribution >= 4 is 11.8 Å². The maximum atomic E-state index is 3.73. The van der Waals surface area contributed by atoms with E-state index in [1.54, 1.807) is 0 Å². The quantitative estimate of drug-likeness (QED) is 0.815. The summed E-state index contributed by atoms with van der Waals surface area (Å²) in [6.45, 7) is 9.76. The molecule has 2 heteroatoms. The molecule has 2 rings (SSSR count). The molecule has 2 fully saturated rings. The van der Waals surface area contributed by atoms with Crippen molar-refractivity contribution in [2.45, 2.75) is 64.5 Å². The van der Waals surface area contributed by atoms with Crippen molar-refractivity contribution in [3.05, 3.63) is 0 Å². The van der Waals surface area contributed by atoms with Crippen LogP contribution in [0.4, 0.5) is 0 Å². The summed E-state index contributed by atoms with van der Waals surface area (Å²) < 4.78 is 0. The Morgan fingerprint density at radius 3 is 2.28 bits per heavy atom. The van der Waals surface area contributed by atoms with E-state index in [-0.39, 0.29) is 0 Å². The molecule has 1 aliphatic carbocycles. The molecule has 1 unspecified atom stereocenters. The van der Waals surface area contributed by atoms with Crippen molar-refractivity contribution in [1.29, 1.82) is 0 Å². The molecule has 1 nitrogen and oxygen atoms in total. The summed E-state index contributed by atoms with van der Waals surface area (Å²) in [4.78, 5) is 0. The maximum Gasteiger partial charge on any atom is 0.0172 e. The molecular formula is C16H31NS. The van der Waals surface area contributed by atoms with Crippen molar-refractivity contribution in [2.24, 2.45) is 17.3 Å². The highest BCUT2D eigenvalue weighted by molar-refractivity contribution is 8.00. The lowest BCUT2D eigenvalue weighted by molar-refractivity contribution is 0.149. The summed E-state index contributed by atoms with van der Waals surface area (Å²) >= 11 is 2.17. The van der Waals surface area contributed by atoms with Crippen LogP contribution in [0.1, 0.15) is 59.3 Å². The van der Waals surface area contributed by atoms with E-state index in [1.165, 1.54) is 57.4 Å². The van der Waals surface area contributed by atoms with Crippen LogP contribution in [0.25, 0.3) is 0 Å². The van der Waals surface area contributed by atoms with Gasteiger partial charge in [-0.3, -0.25) is 0 Å². The Balaban J connectivity index is 1.58. The van der Waals surface area contributed by atoms with Gasteiger partial charge < -0.3 is 5.32 Å². The summed E-state index contributed by atoms with van der Waals surface area (Å²) in [5, 5.41) is 4.64. The SMILES string of the molecule is CC(C)(C)C1CCC(CNCC2CCCS2)CC1. The van der Waals surface area contributed by atoms with Crippen LogP contribution in [-0.4, -0.2) is 24.1 Å². The van der Waals surface area contributed by atoms with Gasteiger partial charge in [-0.1, -0.05) is 20.8 Å². The summed E-state index contributed by atoms with van der Waals surface area (Å²) in [5.74, 6) is 3.30. The number of hydrogen-bond acceptors (Lipinski definition) is 2. The van der Waals surface area contributed by atoms with E-state index < -0.39 is 0 Å². The number of thioether (sulfide) groups is 1. The van der Waals surface area contributed by atoms with Crippen molar-refractivity contribution < 1.29 is 0 Å². The van der Waals surface area contributed by atoms with Crippen LogP contribution >= 0.6 is 11.8 Å². The molecule has 1 saturated heterocycles. The van der Waals surface area contributed by atoms with E-state index >= 15 is 0 Å². The molecule has 1 aliphatic heterocycles. The summed E-state index contributed by atoms with van der Waals surface area (Å²) in [6.07, 6.45) is 8.68. The third-order valence-electron chi connectivity index (χ3n) is 4.90. The van der Waals surface area contributed by atoms with Crippen molar-refractivity contribution in [3.63, 3.8) is 0 Å². The van der Waals surface area contributed by atoms with E-state index in [0.29, 0.717) is 5.41 Å². The van der Waals surface area contributed by atoms with Crippen molar-refractivity contribution in [2.75, 3.05) is 18.8 Å². The Bertz CT molecular complexity index is 232. The van der Waals surface area contributed by atoms with E-state index in [9.17, 15) is 0 Å². The Labute approximate surface area is 118 Å². The minimum absolute atomic E-state index is 0.527. The maximum absolute atomic E-state index is 3.73. The van der Waals surface area contributed by atoms with E-state index in [0.717, 1.165) is 17.1 Å². The average Bonchev–Trinajstić information content (AvgIpc) is 2.82. The fourth-order valence-electron chi connectivity index (χ4n) is 3.49. The van der Waals surface area contributed by atoms with Gasteiger partial charge >= 0.3 is 0 Å². The molecule has 1 atom stereocenters. The predicted molar refractivity (Wildman–Crippen MR) is 83.3 cm³/mol. The number of rotatable bonds is 4. The fraction of sp³-hybridized carbons (Fsp3) is 1.00. The first-order valence-corrected chi connectivity index (χ1v) is 8.93. The van der Waals surface area contributed by atoms with E-state index in [1.807, 2.05) is 0 Å². The zero-order valence-corrected chi connectivity index (χ0v) is 13.3. The van der Waals surface area contributed by atoms with Crippen LogP contribution in [0.5, 0.6) is 0 Å². The minimum atomic E-state index is 0.527. The molecule has 0 aromatic heterocycles. The molecule has 1 saturated carbocycles. The number of nitrogens with one attached hydrogen (secondary N) is 1. The topological polar surface area (TPSA) is 12.0 Å².